The first-order chi connectivity index (χ1) is 10.0. The summed E-state index contributed by atoms with van der Waals surface area (Å²) >= 11 is 0. The highest BCUT2D eigenvalue weighted by atomic mass is 16.2. The second kappa shape index (κ2) is 5.38. The molecule has 3 fully saturated rings. The molecule has 1 saturated heterocycles. The van der Waals surface area contributed by atoms with Crippen molar-refractivity contribution in [2.75, 3.05) is 6.54 Å². The molecule has 118 valence electrons. The molecule has 21 heavy (non-hydrogen) atoms. The van der Waals surface area contributed by atoms with E-state index in [1.807, 2.05) is 0 Å². The summed E-state index contributed by atoms with van der Waals surface area (Å²) in [6, 6.07) is 0. The van der Waals surface area contributed by atoms with Gasteiger partial charge in [-0.25, -0.2) is 0 Å². The summed E-state index contributed by atoms with van der Waals surface area (Å²) in [5.74, 6) is 0.829. The van der Waals surface area contributed by atoms with Gasteiger partial charge in [-0.1, -0.05) is 26.2 Å². The molecule has 0 aromatic carbocycles. The van der Waals surface area contributed by atoms with E-state index < -0.39 is 0 Å². The lowest BCUT2D eigenvalue weighted by atomic mass is 9.72. The van der Waals surface area contributed by atoms with E-state index in [4.69, 9.17) is 5.73 Å². The zero-order chi connectivity index (χ0) is 15.1. The number of nitrogens with two attached hydrogens (primary N) is 1. The summed E-state index contributed by atoms with van der Waals surface area (Å²) in [7, 11) is 0. The molecule has 4 heteroatoms. The molecule has 0 aromatic heterocycles. The van der Waals surface area contributed by atoms with Gasteiger partial charge in [0, 0.05) is 13.0 Å². The fraction of sp³-hybridized carbons (Fsp3) is 0.882. The van der Waals surface area contributed by atoms with E-state index >= 15 is 0 Å². The molecule has 1 spiro atoms. The summed E-state index contributed by atoms with van der Waals surface area (Å²) in [4.78, 5) is 27.4. The van der Waals surface area contributed by atoms with E-state index in [-0.39, 0.29) is 22.8 Å². The number of imide groups is 1. The number of likely N-dealkylation sites (tertiary alicyclic amines) is 1. The fourth-order valence-electron chi connectivity index (χ4n) is 4.71. The lowest BCUT2D eigenvalue weighted by molar-refractivity contribution is -0.151. The predicted molar refractivity (Wildman–Crippen MR) is 81.4 cm³/mol. The number of carbonyl (C=O) groups excluding carboxylic acids is 2. The van der Waals surface area contributed by atoms with Crippen molar-refractivity contribution < 1.29 is 9.59 Å². The third-order valence-corrected chi connectivity index (χ3v) is 6.27. The lowest BCUT2D eigenvalue weighted by Gasteiger charge is -2.45. The van der Waals surface area contributed by atoms with Crippen LogP contribution in [0.5, 0.6) is 0 Å². The molecule has 2 amide bonds. The highest BCUT2D eigenvalue weighted by Crippen LogP contribution is 2.49. The first-order valence-corrected chi connectivity index (χ1v) is 8.61. The molecule has 1 heterocycles. The molecule has 0 bridgehead atoms. The van der Waals surface area contributed by atoms with Gasteiger partial charge in [-0.05, 0) is 44.4 Å². The van der Waals surface area contributed by atoms with Gasteiger partial charge in [0.1, 0.15) is 0 Å². The summed E-state index contributed by atoms with van der Waals surface area (Å²) in [5, 5.41) is 0. The number of hydrogen-bond acceptors (Lipinski definition) is 3. The molecule has 0 unspecified atom stereocenters. The van der Waals surface area contributed by atoms with E-state index in [9.17, 15) is 9.59 Å². The second-order valence-corrected chi connectivity index (χ2v) is 7.66. The van der Waals surface area contributed by atoms with Crippen molar-refractivity contribution in [3.05, 3.63) is 0 Å². The van der Waals surface area contributed by atoms with Crippen molar-refractivity contribution in [2.24, 2.45) is 17.1 Å². The zero-order valence-electron chi connectivity index (χ0n) is 13.2. The van der Waals surface area contributed by atoms with Crippen molar-refractivity contribution in [2.45, 2.75) is 76.7 Å². The Morgan fingerprint density at radius 3 is 2.29 bits per heavy atom. The standard InChI is InChI=1S/C17H28N2O2/c1-13-5-9-17(12-18,10-6-13)19-14(20)11-16(15(19)21)7-3-2-4-8-16/h13H,2-12,18H2,1H3. The summed E-state index contributed by atoms with van der Waals surface area (Å²) in [6.45, 7) is 2.67. The maximum absolute atomic E-state index is 13.1. The first kappa shape index (κ1) is 15.0. The topological polar surface area (TPSA) is 63.4 Å². The van der Waals surface area contributed by atoms with E-state index in [2.05, 4.69) is 6.92 Å². The van der Waals surface area contributed by atoms with Crippen LogP contribution in [0.2, 0.25) is 0 Å². The van der Waals surface area contributed by atoms with Crippen LogP contribution in [0.25, 0.3) is 0 Å². The Labute approximate surface area is 127 Å². The Morgan fingerprint density at radius 1 is 1.10 bits per heavy atom. The van der Waals surface area contributed by atoms with Crippen molar-refractivity contribution in [3.8, 4) is 0 Å². The Bertz CT molecular complexity index is 432. The third-order valence-electron chi connectivity index (χ3n) is 6.27. The molecule has 2 saturated carbocycles. The second-order valence-electron chi connectivity index (χ2n) is 7.66. The van der Waals surface area contributed by atoms with Crippen LogP contribution in [0.3, 0.4) is 0 Å². The van der Waals surface area contributed by atoms with E-state index in [0.29, 0.717) is 18.9 Å². The van der Waals surface area contributed by atoms with Gasteiger partial charge in [0.2, 0.25) is 11.8 Å². The molecule has 2 aliphatic carbocycles. The van der Waals surface area contributed by atoms with Crippen LogP contribution >= 0.6 is 0 Å². The van der Waals surface area contributed by atoms with Gasteiger partial charge in [-0.15, -0.1) is 0 Å². The molecule has 3 rings (SSSR count). The normalized spacial score (nSPS) is 36.5. The average Bonchev–Trinajstić information content (AvgIpc) is 2.73. The SMILES string of the molecule is CC1CCC(CN)(N2C(=O)CC3(CCCCC3)C2=O)CC1. The van der Waals surface area contributed by atoms with Crippen LogP contribution in [0.15, 0.2) is 0 Å². The van der Waals surface area contributed by atoms with E-state index in [1.165, 1.54) is 6.42 Å². The monoisotopic (exact) mass is 292 g/mol. The highest BCUT2D eigenvalue weighted by Gasteiger charge is 2.57. The van der Waals surface area contributed by atoms with Gasteiger partial charge in [-0.2, -0.15) is 0 Å². The van der Waals surface area contributed by atoms with Crippen LogP contribution in [0.4, 0.5) is 0 Å². The predicted octanol–water partition coefficient (Wildman–Crippen LogP) is 2.60. The minimum absolute atomic E-state index is 0.0434. The maximum atomic E-state index is 13.1. The van der Waals surface area contributed by atoms with Crippen molar-refractivity contribution >= 4 is 11.8 Å². The third kappa shape index (κ3) is 2.32. The number of rotatable bonds is 2. The summed E-state index contributed by atoms with van der Waals surface area (Å²) in [5.41, 5.74) is 5.30. The minimum Gasteiger partial charge on any atom is -0.328 e. The minimum atomic E-state index is -0.387. The molecule has 0 aromatic rings. The summed E-state index contributed by atoms with van der Waals surface area (Å²) < 4.78 is 0. The fourth-order valence-corrected chi connectivity index (χ4v) is 4.71. The molecule has 2 N–H and O–H groups in total. The molecule has 0 atom stereocenters. The summed E-state index contributed by atoms with van der Waals surface area (Å²) in [6.07, 6.45) is 9.50. The zero-order valence-corrected chi connectivity index (χ0v) is 13.2. The van der Waals surface area contributed by atoms with Crippen LogP contribution in [-0.4, -0.2) is 28.8 Å². The van der Waals surface area contributed by atoms with Crippen LogP contribution in [0.1, 0.15) is 71.1 Å². The molecule has 4 nitrogen and oxygen atoms in total. The smallest absolute Gasteiger partial charge is 0.236 e. The average molecular weight is 292 g/mol. The molecular weight excluding hydrogens is 264 g/mol. The Hall–Kier alpha value is -0.900. The number of carbonyl (C=O) groups is 2. The molecule has 1 aliphatic heterocycles. The first-order valence-electron chi connectivity index (χ1n) is 8.61. The number of amides is 2. The molecule has 3 aliphatic rings. The Balaban J connectivity index is 1.87. The van der Waals surface area contributed by atoms with Crippen LogP contribution < -0.4 is 5.73 Å². The Kier molecular flexibility index (Phi) is 3.85. The van der Waals surface area contributed by atoms with E-state index in [1.54, 1.807) is 4.90 Å². The molecular formula is C17H28N2O2. The van der Waals surface area contributed by atoms with Crippen LogP contribution in [0, 0.1) is 11.3 Å². The van der Waals surface area contributed by atoms with E-state index in [0.717, 1.165) is 51.4 Å². The van der Waals surface area contributed by atoms with Crippen molar-refractivity contribution in [1.82, 2.24) is 4.90 Å². The van der Waals surface area contributed by atoms with Crippen molar-refractivity contribution in [3.63, 3.8) is 0 Å². The Morgan fingerprint density at radius 2 is 1.71 bits per heavy atom. The maximum Gasteiger partial charge on any atom is 0.236 e. The van der Waals surface area contributed by atoms with Gasteiger partial charge >= 0.3 is 0 Å². The number of nitrogens with zero attached hydrogens (tertiary/aromatic N) is 1. The van der Waals surface area contributed by atoms with Gasteiger partial charge in [-0.3, -0.25) is 14.5 Å². The van der Waals surface area contributed by atoms with Gasteiger partial charge in [0.25, 0.3) is 0 Å². The highest BCUT2D eigenvalue weighted by molar-refractivity contribution is 6.06. The molecule has 0 radical (unpaired) electrons. The lowest BCUT2D eigenvalue weighted by Crippen LogP contribution is -2.58. The van der Waals surface area contributed by atoms with Gasteiger partial charge in [0.15, 0.2) is 0 Å². The van der Waals surface area contributed by atoms with Crippen molar-refractivity contribution in [1.29, 1.82) is 0 Å². The van der Waals surface area contributed by atoms with Crippen LogP contribution in [-0.2, 0) is 9.59 Å². The number of hydrogen-bond donors (Lipinski definition) is 1. The quantitative estimate of drug-likeness (QED) is 0.796. The van der Waals surface area contributed by atoms with Gasteiger partial charge < -0.3 is 5.73 Å². The van der Waals surface area contributed by atoms with Gasteiger partial charge in [0.05, 0.1) is 11.0 Å². The largest absolute Gasteiger partial charge is 0.328 e.